The Kier molecular flexibility index (Phi) is 4.42. The molecule has 0 spiro atoms. The Morgan fingerprint density at radius 1 is 1.47 bits per heavy atom. The number of nitrogens with one attached hydrogen (secondary N) is 2. The number of ether oxygens (including phenoxy) is 1. The third-order valence-corrected chi connectivity index (χ3v) is 4.29. The minimum Gasteiger partial charge on any atom is -0.371 e. The predicted octanol–water partition coefficient (Wildman–Crippen LogP) is 1.26. The Labute approximate surface area is 114 Å². The van der Waals surface area contributed by atoms with Crippen molar-refractivity contribution in [2.45, 2.75) is 44.8 Å². The zero-order valence-electron chi connectivity index (χ0n) is 12.4. The SMILES string of the molecule is CCC(C)(OC)c1nc(N2CCC(NC)CC2)n[nH]1. The van der Waals surface area contributed by atoms with Crippen LogP contribution in [-0.2, 0) is 10.3 Å². The summed E-state index contributed by atoms with van der Waals surface area (Å²) in [4.78, 5) is 6.85. The van der Waals surface area contributed by atoms with Crippen molar-refractivity contribution in [2.24, 2.45) is 0 Å². The first kappa shape index (κ1) is 14.3. The number of H-pyrrole nitrogens is 1. The molecule has 6 heteroatoms. The molecule has 0 aliphatic carbocycles. The number of hydrogen-bond acceptors (Lipinski definition) is 5. The van der Waals surface area contributed by atoms with E-state index in [0.29, 0.717) is 6.04 Å². The van der Waals surface area contributed by atoms with Crippen LogP contribution < -0.4 is 10.2 Å². The first-order valence-corrected chi connectivity index (χ1v) is 7.03. The fourth-order valence-electron chi connectivity index (χ4n) is 2.41. The molecule has 2 rings (SSSR count). The highest BCUT2D eigenvalue weighted by Gasteiger charge is 2.29. The van der Waals surface area contributed by atoms with Gasteiger partial charge in [0.2, 0.25) is 5.95 Å². The number of aromatic amines is 1. The van der Waals surface area contributed by atoms with E-state index in [1.807, 2.05) is 14.0 Å². The molecule has 0 amide bonds. The van der Waals surface area contributed by atoms with Crippen LogP contribution in [0.4, 0.5) is 5.95 Å². The Morgan fingerprint density at radius 2 is 2.16 bits per heavy atom. The Morgan fingerprint density at radius 3 is 2.68 bits per heavy atom. The van der Waals surface area contributed by atoms with Gasteiger partial charge in [-0.1, -0.05) is 6.92 Å². The lowest BCUT2D eigenvalue weighted by atomic mass is 10.0. The van der Waals surface area contributed by atoms with Gasteiger partial charge in [-0.2, -0.15) is 4.98 Å². The number of anilines is 1. The summed E-state index contributed by atoms with van der Waals surface area (Å²) < 4.78 is 5.55. The lowest BCUT2D eigenvalue weighted by molar-refractivity contribution is -0.00865. The van der Waals surface area contributed by atoms with Gasteiger partial charge in [-0.25, -0.2) is 0 Å². The molecule has 6 nitrogen and oxygen atoms in total. The molecule has 0 bridgehead atoms. The van der Waals surface area contributed by atoms with Crippen molar-refractivity contribution in [3.63, 3.8) is 0 Å². The summed E-state index contributed by atoms with van der Waals surface area (Å²) in [7, 11) is 3.74. The Balaban J connectivity index is 2.05. The molecule has 1 unspecified atom stereocenters. The fraction of sp³-hybridized carbons (Fsp3) is 0.846. The van der Waals surface area contributed by atoms with Crippen molar-refractivity contribution in [2.75, 3.05) is 32.1 Å². The highest BCUT2D eigenvalue weighted by atomic mass is 16.5. The van der Waals surface area contributed by atoms with Gasteiger partial charge in [-0.3, -0.25) is 5.10 Å². The molecule has 108 valence electrons. The number of methoxy groups -OCH3 is 1. The summed E-state index contributed by atoms with van der Waals surface area (Å²) >= 11 is 0. The van der Waals surface area contributed by atoms with E-state index in [9.17, 15) is 0 Å². The molecule has 0 radical (unpaired) electrons. The zero-order valence-corrected chi connectivity index (χ0v) is 12.4. The maximum absolute atomic E-state index is 5.55. The monoisotopic (exact) mass is 267 g/mol. The molecule has 2 heterocycles. The second-order valence-electron chi connectivity index (χ2n) is 5.32. The van der Waals surface area contributed by atoms with Gasteiger partial charge in [0.1, 0.15) is 5.60 Å². The van der Waals surface area contributed by atoms with Gasteiger partial charge in [0.25, 0.3) is 0 Å². The van der Waals surface area contributed by atoms with E-state index in [1.165, 1.54) is 0 Å². The first-order valence-electron chi connectivity index (χ1n) is 7.03. The molecule has 0 saturated carbocycles. The molecule has 1 aromatic rings. The van der Waals surface area contributed by atoms with Crippen molar-refractivity contribution in [1.82, 2.24) is 20.5 Å². The van der Waals surface area contributed by atoms with E-state index < -0.39 is 0 Å². The van der Waals surface area contributed by atoms with Crippen LogP contribution in [0.25, 0.3) is 0 Å². The fourth-order valence-corrected chi connectivity index (χ4v) is 2.41. The molecular weight excluding hydrogens is 242 g/mol. The van der Waals surface area contributed by atoms with Crippen LogP contribution in [0.1, 0.15) is 38.9 Å². The molecule has 1 atom stereocenters. The second-order valence-corrected chi connectivity index (χ2v) is 5.32. The molecule has 1 aliphatic rings. The Bertz CT molecular complexity index is 393. The van der Waals surface area contributed by atoms with Crippen molar-refractivity contribution >= 4 is 5.95 Å². The van der Waals surface area contributed by atoms with Crippen LogP contribution in [0.3, 0.4) is 0 Å². The highest BCUT2D eigenvalue weighted by molar-refractivity contribution is 5.30. The molecule has 2 N–H and O–H groups in total. The second kappa shape index (κ2) is 5.88. The highest BCUT2D eigenvalue weighted by Crippen LogP contribution is 2.26. The number of aromatic nitrogens is 3. The average Bonchev–Trinajstić information content (AvgIpc) is 2.97. The van der Waals surface area contributed by atoms with Crippen LogP contribution in [0.2, 0.25) is 0 Å². The van der Waals surface area contributed by atoms with Gasteiger partial charge in [0, 0.05) is 26.2 Å². The summed E-state index contributed by atoms with van der Waals surface area (Å²) in [5.74, 6) is 1.60. The van der Waals surface area contributed by atoms with Gasteiger partial charge < -0.3 is 15.0 Å². The smallest absolute Gasteiger partial charge is 0.244 e. The summed E-state index contributed by atoms with van der Waals surface area (Å²) in [5.41, 5.74) is -0.380. The summed E-state index contributed by atoms with van der Waals surface area (Å²) in [6, 6.07) is 0.620. The summed E-state index contributed by atoms with van der Waals surface area (Å²) in [6.07, 6.45) is 3.13. The molecular formula is C13H25N5O. The van der Waals surface area contributed by atoms with Crippen LogP contribution >= 0.6 is 0 Å². The number of rotatable bonds is 5. The van der Waals surface area contributed by atoms with Crippen LogP contribution in [0.15, 0.2) is 0 Å². The van der Waals surface area contributed by atoms with E-state index in [1.54, 1.807) is 7.11 Å². The molecule has 1 aliphatic heterocycles. The minimum absolute atomic E-state index is 0.380. The number of hydrogen-bond donors (Lipinski definition) is 2. The summed E-state index contributed by atoms with van der Waals surface area (Å²) in [6.45, 7) is 6.12. The van der Waals surface area contributed by atoms with Gasteiger partial charge in [-0.05, 0) is 33.2 Å². The van der Waals surface area contributed by atoms with Crippen molar-refractivity contribution in [3.05, 3.63) is 5.82 Å². The standard InChI is InChI=1S/C13H25N5O/c1-5-13(2,19-4)11-15-12(17-16-11)18-8-6-10(14-3)7-9-18/h10,14H,5-9H2,1-4H3,(H,15,16,17). The van der Waals surface area contributed by atoms with Crippen LogP contribution in [0, 0.1) is 0 Å². The van der Waals surface area contributed by atoms with Gasteiger partial charge in [0.05, 0.1) is 0 Å². The molecule has 0 aromatic carbocycles. The van der Waals surface area contributed by atoms with E-state index in [-0.39, 0.29) is 5.60 Å². The maximum Gasteiger partial charge on any atom is 0.244 e. The maximum atomic E-state index is 5.55. The van der Waals surface area contributed by atoms with E-state index in [4.69, 9.17) is 4.74 Å². The largest absolute Gasteiger partial charge is 0.371 e. The predicted molar refractivity (Wildman–Crippen MR) is 75.3 cm³/mol. The van der Waals surface area contributed by atoms with Crippen molar-refractivity contribution in [3.8, 4) is 0 Å². The van der Waals surface area contributed by atoms with Crippen molar-refractivity contribution < 1.29 is 4.74 Å². The normalized spacial score (nSPS) is 20.5. The third-order valence-electron chi connectivity index (χ3n) is 4.29. The quantitative estimate of drug-likeness (QED) is 0.841. The van der Waals surface area contributed by atoms with Gasteiger partial charge in [-0.15, -0.1) is 5.10 Å². The topological polar surface area (TPSA) is 66.1 Å². The summed E-state index contributed by atoms with van der Waals surface area (Å²) in [5, 5.41) is 10.7. The molecule has 1 fully saturated rings. The van der Waals surface area contributed by atoms with Crippen LogP contribution in [-0.4, -0.2) is 48.5 Å². The molecule has 1 saturated heterocycles. The minimum atomic E-state index is -0.380. The molecule has 19 heavy (non-hydrogen) atoms. The van der Waals surface area contributed by atoms with Gasteiger partial charge >= 0.3 is 0 Å². The number of piperidine rings is 1. The number of nitrogens with zero attached hydrogens (tertiary/aromatic N) is 3. The third kappa shape index (κ3) is 2.90. The molecule has 1 aromatic heterocycles. The van der Waals surface area contributed by atoms with Crippen LogP contribution in [0.5, 0.6) is 0 Å². The Hall–Kier alpha value is -1.14. The van der Waals surface area contributed by atoms with E-state index in [2.05, 4.69) is 32.3 Å². The first-order chi connectivity index (χ1) is 9.12. The van der Waals surface area contributed by atoms with E-state index in [0.717, 1.165) is 44.1 Å². The average molecular weight is 267 g/mol. The van der Waals surface area contributed by atoms with E-state index >= 15 is 0 Å². The lowest BCUT2D eigenvalue weighted by Crippen LogP contribution is -2.41. The lowest BCUT2D eigenvalue weighted by Gasteiger charge is -2.31. The van der Waals surface area contributed by atoms with Crippen molar-refractivity contribution in [1.29, 1.82) is 0 Å². The zero-order chi connectivity index (χ0) is 13.9. The van der Waals surface area contributed by atoms with Gasteiger partial charge in [0.15, 0.2) is 5.82 Å².